The topological polar surface area (TPSA) is 29.5 Å². The van der Waals surface area contributed by atoms with Crippen molar-refractivity contribution in [1.29, 1.82) is 0 Å². The summed E-state index contributed by atoms with van der Waals surface area (Å²) in [6, 6.07) is 4.06. The lowest BCUT2D eigenvalue weighted by Gasteiger charge is -2.21. The summed E-state index contributed by atoms with van der Waals surface area (Å²) in [4.78, 5) is 13.2. The molecule has 1 amide bonds. The molecule has 20 heavy (non-hydrogen) atoms. The summed E-state index contributed by atoms with van der Waals surface area (Å²) in [5.41, 5.74) is 0.117. The van der Waals surface area contributed by atoms with Gasteiger partial charge in [-0.3, -0.25) is 4.79 Å². The van der Waals surface area contributed by atoms with Crippen LogP contribution in [0.4, 0.5) is 18.9 Å². The first-order valence-electron chi connectivity index (χ1n) is 5.76. The molecular weight excluding hydrogens is 359 g/mol. The zero-order chi connectivity index (χ0) is 14.9. The fourth-order valence-electron chi connectivity index (χ4n) is 2.05. The molecule has 3 nitrogen and oxygen atoms in total. The van der Waals surface area contributed by atoms with Crippen LogP contribution in [-0.2, 0) is 4.79 Å². The summed E-state index contributed by atoms with van der Waals surface area (Å²) >= 11 is 7.31. The van der Waals surface area contributed by atoms with Crippen LogP contribution >= 0.6 is 28.6 Å². The Morgan fingerprint density at radius 2 is 2.15 bits per heavy atom. The van der Waals surface area contributed by atoms with Gasteiger partial charge < -0.3 is 9.64 Å². The smallest absolute Gasteiger partial charge is 0.404 e. The highest BCUT2D eigenvalue weighted by atomic mass is 79.9. The summed E-state index contributed by atoms with van der Waals surface area (Å²) in [7, 11) is 0. The molecule has 0 aromatic heterocycles. The molecule has 1 aromatic rings. The Hall–Kier alpha value is -0.890. The summed E-state index contributed by atoms with van der Waals surface area (Å²) in [6.07, 6.45) is -4.52. The predicted octanol–water partition coefficient (Wildman–Crippen LogP) is 3.63. The number of amides is 1. The maximum atomic E-state index is 12.4. The van der Waals surface area contributed by atoms with Crippen LogP contribution in [0.5, 0.6) is 5.75 Å². The number of nitrogens with zero attached hydrogens (tertiary/aromatic N) is 1. The zero-order valence-electron chi connectivity index (χ0n) is 10.2. The molecule has 1 atom stereocenters. The van der Waals surface area contributed by atoms with Crippen molar-refractivity contribution in [2.24, 2.45) is 5.92 Å². The molecule has 1 unspecified atom stereocenters. The Kier molecular flexibility index (Phi) is 4.53. The summed E-state index contributed by atoms with van der Waals surface area (Å²) < 4.78 is 41.8. The van der Waals surface area contributed by atoms with Gasteiger partial charge in [0.05, 0.1) is 5.69 Å². The maximum absolute atomic E-state index is 12.4. The number of halogens is 4. The Labute approximate surface area is 127 Å². The molecule has 1 fully saturated rings. The third-order valence-corrected chi connectivity index (χ3v) is 3.91. The van der Waals surface area contributed by atoms with Gasteiger partial charge in [-0.05, 0) is 29.9 Å². The molecule has 0 bridgehead atoms. The van der Waals surface area contributed by atoms with Gasteiger partial charge in [-0.1, -0.05) is 15.9 Å². The van der Waals surface area contributed by atoms with Gasteiger partial charge in [0.25, 0.3) is 0 Å². The molecule has 0 saturated carbocycles. The van der Waals surface area contributed by atoms with Crippen molar-refractivity contribution in [3.05, 3.63) is 22.7 Å². The third-order valence-electron chi connectivity index (χ3n) is 2.90. The van der Waals surface area contributed by atoms with Gasteiger partial charge in [0.1, 0.15) is 0 Å². The van der Waals surface area contributed by atoms with Crippen LogP contribution in [0.2, 0.25) is 0 Å². The lowest BCUT2D eigenvalue weighted by atomic mass is 10.1. The average molecular weight is 370 g/mol. The van der Waals surface area contributed by atoms with Gasteiger partial charge in [0, 0.05) is 17.4 Å². The van der Waals surface area contributed by atoms with Crippen LogP contribution in [0.15, 0.2) is 22.7 Å². The van der Waals surface area contributed by atoms with E-state index in [0.717, 1.165) is 0 Å². The van der Waals surface area contributed by atoms with Crippen molar-refractivity contribution in [3.8, 4) is 5.75 Å². The summed E-state index contributed by atoms with van der Waals surface area (Å²) in [6.45, 7) is 0.340. The van der Waals surface area contributed by atoms with Gasteiger partial charge in [-0.15, -0.1) is 13.2 Å². The number of carbonyl (C=O) groups is 1. The highest BCUT2D eigenvalue weighted by Gasteiger charge is 2.36. The molecule has 0 aliphatic carbocycles. The van der Waals surface area contributed by atoms with E-state index >= 15 is 0 Å². The third kappa shape index (κ3) is 3.60. The SMILES string of the molecule is O=C1CC(CS)CN1c1cc(Br)ccc1OC(F)(F)F. The van der Waals surface area contributed by atoms with Crippen molar-refractivity contribution in [2.45, 2.75) is 12.8 Å². The largest absolute Gasteiger partial charge is 0.573 e. The van der Waals surface area contributed by atoms with Crippen LogP contribution in [0.3, 0.4) is 0 Å². The van der Waals surface area contributed by atoms with E-state index in [-0.39, 0.29) is 29.7 Å². The molecule has 0 radical (unpaired) electrons. The molecule has 0 N–H and O–H groups in total. The summed E-state index contributed by atoms with van der Waals surface area (Å²) in [5, 5.41) is 0. The van der Waals surface area contributed by atoms with Crippen molar-refractivity contribution < 1.29 is 22.7 Å². The van der Waals surface area contributed by atoms with E-state index in [9.17, 15) is 18.0 Å². The Morgan fingerprint density at radius 1 is 1.45 bits per heavy atom. The maximum Gasteiger partial charge on any atom is 0.573 e. The Morgan fingerprint density at radius 3 is 2.70 bits per heavy atom. The lowest BCUT2D eigenvalue weighted by Crippen LogP contribution is -2.27. The number of anilines is 1. The number of ether oxygens (including phenoxy) is 1. The molecular formula is C12H11BrF3NO2S. The minimum atomic E-state index is -4.80. The van der Waals surface area contributed by atoms with E-state index in [1.807, 2.05) is 0 Å². The highest BCUT2D eigenvalue weighted by molar-refractivity contribution is 9.10. The minimum Gasteiger partial charge on any atom is -0.404 e. The molecule has 1 saturated heterocycles. The zero-order valence-corrected chi connectivity index (χ0v) is 12.6. The number of hydrogen-bond donors (Lipinski definition) is 1. The van der Waals surface area contributed by atoms with E-state index < -0.39 is 6.36 Å². The molecule has 1 aliphatic heterocycles. The predicted molar refractivity (Wildman–Crippen MR) is 75.1 cm³/mol. The van der Waals surface area contributed by atoms with E-state index in [0.29, 0.717) is 16.8 Å². The quantitative estimate of drug-likeness (QED) is 0.824. The van der Waals surface area contributed by atoms with E-state index in [1.54, 1.807) is 0 Å². The second-order valence-corrected chi connectivity index (χ2v) is 5.70. The van der Waals surface area contributed by atoms with Crippen molar-refractivity contribution >= 4 is 40.2 Å². The van der Waals surface area contributed by atoms with E-state index in [1.165, 1.54) is 23.1 Å². The van der Waals surface area contributed by atoms with Gasteiger partial charge >= 0.3 is 6.36 Å². The molecule has 0 spiro atoms. The molecule has 110 valence electrons. The minimum absolute atomic E-state index is 0.0311. The van der Waals surface area contributed by atoms with E-state index in [4.69, 9.17) is 0 Å². The Balaban J connectivity index is 2.35. The highest BCUT2D eigenvalue weighted by Crippen LogP contribution is 2.38. The number of rotatable bonds is 3. The fraction of sp³-hybridized carbons (Fsp3) is 0.417. The van der Waals surface area contributed by atoms with Gasteiger partial charge in [-0.2, -0.15) is 12.6 Å². The lowest BCUT2D eigenvalue weighted by molar-refractivity contribution is -0.274. The number of benzene rings is 1. The first-order chi connectivity index (χ1) is 9.30. The van der Waals surface area contributed by atoms with Crippen molar-refractivity contribution in [2.75, 3.05) is 17.2 Å². The second kappa shape index (κ2) is 5.85. The number of carbonyl (C=O) groups excluding carboxylic acids is 1. The van der Waals surface area contributed by atoms with Gasteiger partial charge in [-0.25, -0.2) is 0 Å². The first kappa shape index (κ1) is 15.5. The molecule has 1 aromatic carbocycles. The molecule has 8 heteroatoms. The van der Waals surface area contributed by atoms with Crippen molar-refractivity contribution in [1.82, 2.24) is 0 Å². The van der Waals surface area contributed by atoms with Crippen LogP contribution in [0.25, 0.3) is 0 Å². The molecule has 2 rings (SSSR count). The average Bonchev–Trinajstić information content (AvgIpc) is 2.71. The monoisotopic (exact) mass is 369 g/mol. The van der Waals surface area contributed by atoms with Crippen LogP contribution < -0.4 is 9.64 Å². The fourth-order valence-corrected chi connectivity index (χ4v) is 2.64. The number of hydrogen-bond acceptors (Lipinski definition) is 3. The van der Waals surface area contributed by atoms with Crippen LogP contribution in [0.1, 0.15) is 6.42 Å². The van der Waals surface area contributed by atoms with Crippen LogP contribution in [0, 0.1) is 5.92 Å². The number of alkyl halides is 3. The molecule has 1 heterocycles. The molecule has 1 aliphatic rings. The standard InChI is InChI=1S/C12H11BrF3NO2S/c13-8-1-2-10(19-12(14,15)16)9(4-8)17-5-7(6-20)3-11(17)18/h1-2,4,7,20H,3,5-6H2. The Bertz CT molecular complexity index is 524. The van der Waals surface area contributed by atoms with E-state index in [2.05, 4.69) is 33.3 Å². The van der Waals surface area contributed by atoms with Gasteiger partial charge in [0.2, 0.25) is 5.91 Å². The van der Waals surface area contributed by atoms with Crippen LogP contribution in [-0.4, -0.2) is 24.6 Å². The summed E-state index contributed by atoms with van der Waals surface area (Å²) in [5.74, 6) is -0.0716. The van der Waals surface area contributed by atoms with Gasteiger partial charge in [0.15, 0.2) is 5.75 Å². The first-order valence-corrected chi connectivity index (χ1v) is 7.19. The van der Waals surface area contributed by atoms with Crippen molar-refractivity contribution in [3.63, 3.8) is 0 Å². The number of thiol groups is 1. The normalized spacial score (nSPS) is 19.6. The second-order valence-electron chi connectivity index (χ2n) is 4.42.